The van der Waals surface area contributed by atoms with Gasteiger partial charge < -0.3 is 11.1 Å². The Morgan fingerprint density at radius 3 is 2.58 bits per heavy atom. The lowest BCUT2D eigenvalue weighted by Crippen LogP contribution is -2.29. The Labute approximate surface area is 115 Å². The zero-order valence-corrected chi connectivity index (χ0v) is 11.9. The van der Waals surface area contributed by atoms with Crippen LogP contribution in [-0.4, -0.2) is 12.5 Å². The summed E-state index contributed by atoms with van der Waals surface area (Å²) in [7, 11) is 0. The van der Waals surface area contributed by atoms with Gasteiger partial charge in [0.15, 0.2) is 0 Å². The molecule has 0 aliphatic heterocycles. The van der Waals surface area contributed by atoms with Crippen molar-refractivity contribution >= 4 is 11.6 Å². The molecule has 1 fully saturated rings. The molecular formula is C16H24N2O. The Hall–Kier alpha value is -1.35. The number of hydrogen-bond acceptors (Lipinski definition) is 2. The van der Waals surface area contributed by atoms with E-state index in [2.05, 4.69) is 31.3 Å². The zero-order valence-electron chi connectivity index (χ0n) is 11.9. The van der Waals surface area contributed by atoms with Crippen LogP contribution in [0.4, 0.5) is 5.69 Å². The van der Waals surface area contributed by atoms with Crippen LogP contribution < -0.4 is 11.1 Å². The smallest absolute Gasteiger partial charge is 0.227 e. The lowest BCUT2D eigenvalue weighted by atomic mass is 9.95. The molecule has 0 saturated heterocycles. The summed E-state index contributed by atoms with van der Waals surface area (Å²) in [6.07, 6.45) is 3.17. The summed E-state index contributed by atoms with van der Waals surface area (Å²) in [4.78, 5) is 12.2. The van der Waals surface area contributed by atoms with Crippen molar-refractivity contribution in [2.24, 2.45) is 17.6 Å². The molecule has 3 nitrogen and oxygen atoms in total. The number of amides is 1. The first-order chi connectivity index (χ1) is 9.11. The third kappa shape index (κ3) is 3.35. The van der Waals surface area contributed by atoms with Crippen LogP contribution in [0.5, 0.6) is 0 Å². The highest BCUT2D eigenvalue weighted by atomic mass is 16.1. The number of carbonyl (C=O) groups excluding carboxylic acids is 1. The molecule has 1 aromatic rings. The third-order valence-electron chi connectivity index (χ3n) is 4.14. The number of benzene rings is 1. The first-order valence-electron chi connectivity index (χ1n) is 7.22. The first-order valence-corrected chi connectivity index (χ1v) is 7.22. The molecule has 1 aliphatic rings. The van der Waals surface area contributed by atoms with Crippen LogP contribution in [0, 0.1) is 11.8 Å². The molecule has 1 amide bonds. The minimum atomic E-state index is 0.0924. The highest BCUT2D eigenvalue weighted by Crippen LogP contribution is 2.31. The number of rotatable bonds is 4. The van der Waals surface area contributed by atoms with E-state index in [1.807, 2.05) is 12.1 Å². The summed E-state index contributed by atoms with van der Waals surface area (Å²) >= 11 is 0. The first kappa shape index (κ1) is 14.1. The van der Waals surface area contributed by atoms with Gasteiger partial charge >= 0.3 is 0 Å². The molecule has 3 heteroatoms. The standard InChI is InChI=1S/C16H24N2O/c1-11(2)12-6-8-14(9-7-12)18-16(19)15-5-3-4-13(15)10-17/h6-9,11,13,15H,3-5,10,17H2,1-2H3,(H,18,19). The van der Waals surface area contributed by atoms with Gasteiger partial charge in [-0.25, -0.2) is 0 Å². The molecule has 0 aromatic heterocycles. The van der Waals surface area contributed by atoms with E-state index >= 15 is 0 Å². The molecule has 19 heavy (non-hydrogen) atoms. The lowest BCUT2D eigenvalue weighted by Gasteiger charge is -2.17. The largest absolute Gasteiger partial charge is 0.330 e. The lowest BCUT2D eigenvalue weighted by molar-refractivity contribution is -0.120. The Bertz CT molecular complexity index is 425. The molecule has 1 aliphatic carbocycles. The molecule has 0 spiro atoms. The van der Waals surface area contributed by atoms with E-state index in [1.165, 1.54) is 5.56 Å². The van der Waals surface area contributed by atoms with Crippen molar-refractivity contribution in [2.75, 3.05) is 11.9 Å². The fourth-order valence-electron chi connectivity index (χ4n) is 2.85. The molecule has 2 atom stereocenters. The topological polar surface area (TPSA) is 55.1 Å². The summed E-state index contributed by atoms with van der Waals surface area (Å²) in [6, 6.07) is 8.13. The van der Waals surface area contributed by atoms with E-state index in [-0.39, 0.29) is 11.8 Å². The average molecular weight is 260 g/mol. The normalized spacial score (nSPS) is 22.7. The summed E-state index contributed by atoms with van der Waals surface area (Å²) in [5, 5.41) is 3.02. The van der Waals surface area contributed by atoms with Crippen molar-refractivity contribution in [1.82, 2.24) is 0 Å². The van der Waals surface area contributed by atoms with Crippen LogP contribution in [0.25, 0.3) is 0 Å². The molecule has 0 radical (unpaired) electrons. The third-order valence-corrected chi connectivity index (χ3v) is 4.14. The molecular weight excluding hydrogens is 236 g/mol. The summed E-state index contributed by atoms with van der Waals surface area (Å²) in [6.45, 7) is 4.94. The fourth-order valence-corrected chi connectivity index (χ4v) is 2.85. The van der Waals surface area contributed by atoms with Gasteiger partial charge in [-0.3, -0.25) is 4.79 Å². The number of nitrogens with one attached hydrogen (secondary N) is 1. The van der Waals surface area contributed by atoms with Crippen molar-refractivity contribution in [1.29, 1.82) is 0 Å². The molecule has 1 aromatic carbocycles. The zero-order chi connectivity index (χ0) is 13.8. The highest BCUT2D eigenvalue weighted by Gasteiger charge is 2.31. The highest BCUT2D eigenvalue weighted by molar-refractivity contribution is 5.92. The summed E-state index contributed by atoms with van der Waals surface area (Å²) in [5.41, 5.74) is 7.91. The van der Waals surface area contributed by atoms with Gasteiger partial charge in [-0.05, 0) is 48.9 Å². The minimum absolute atomic E-state index is 0.0924. The van der Waals surface area contributed by atoms with Crippen molar-refractivity contribution < 1.29 is 4.79 Å². The van der Waals surface area contributed by atoms with Gasteiger partial charge in [0.25, 0.3) is 0 Å². The Morgan fingerprint density at radius 2 is 2.00 bits per heavy atom. The van der Waals surface area contributed by atoms with Gasteiger partial charge in [0.2, 0.25) is 5.91 Å². The molecule has 1 saturated carbocycles. The van der Waals surface area contributed by atoms with Gasteiger partial charge in [0.1, 0.15) is 0 Å². The maximum atomic E-state index is 12.2. The second-order valence-electron chi connectivity index (χ2n) is 5.80. The van der Waals surface area contributed by atoms with Gasteiger partial charge in [-0.15, -0.1) is 0 Å². The van der Waals surface area contributed by atoms with Gasteiger partial charge in [-0.2, -0.15) is 0 Å². The predicted octanol–water partition coefficient (Wildman–Crippen LogP) is 3.12. The van der Waals surface area contributed by atoms with Crippen molar-refractivity contribution in [3.05, 3.63) is 29.8 Å². The minimum Gasteiger partial charge on any atom is -0.330 e. The predicted molar refractivity (Wildman–Crippen MR) is 79.0 cm³/mol. The maximum absolute atomic E-state index is 12.2. The molecule has 2 rings (SSSR count). The van der Waals surface area contributed by atoms with Gasteiger partial charge in [0.05, 0.1) is 0 Å². The van der Waals surface area contributed by atoms with E-state index in [1.54, 1.807) is 0 Å². The second-order valence-corrected chi connectivity index (χ2v) is 5.80. The molecule has 0 bridgehead atoms. The Kier molecular flexibility index (Phi) is 4.59. The van der Waals surface area contributed by atoms with E-state index < -0.39 is 0 Å². The van der Waals surface area contributed by atoms with E-state index in [0.29, 0.717) is 18.4 Å². The van der Waals surface area contributed by atoms with E-state index in [4.69, 9.17) is 5.73 Å². The Balaban J connectivity index is 1.98. The van der Waals surface area contributed by atoms with Gasteiger partial charge in [0, 0.05) is 11.6 Å². The van der Waals surface area contributed by atoms with Gasteiger partial charge in [-0.1, -0.05) is 32.4 Å². The van der Waals surface area contributed by atoms with Crippen LogP contribution >= 0.6 is 0 Å². The SMILES string of the molecule is CC(C)c1ccc(NC(=O)C2CCCC2CN)cc1. The Morgan fingerprint density at radius 1 is 1.32 bits per heavy atom. The van der Waals surface area contributed by atoms with Crippen molar-refractivity contribution in [3.8, 4) is 0 Å². The van der Waals surface area contributed by atoms with Crippen molar-refractivity contribution in [2.45, 2.75) is 39.0 Å². The fraction of sp³-hybridized carbons (Fsp3) is 0.562. The average Bonchev–Trinajstić information content (AvgIpc) is 2.87. The van der Waals surface area contributed by atoms with Crippen molar-refractivity contribution in [3.63, 3.8) is 0 Å². The van der Waals surface area contributed by atoms with Crippen LogP contribution in [-0.2, 0) is 4.79 Å². The van der Waals surface area contributed by atoms with Crippen LogP contribution in [0.1, 0.15) is 44.6 Å². The number of nitrogens with two attached hydrogens (primary N) is 1. The molecule has 2 unspecified atom stereocenters. The van der Waals surface area contributed by atoms with Crippen LogP contribution in [0.2, 0.25) is 0 Å². The van der Waals surface area contributed by atoms with E-state index in [0.717, 1.165) is 24.9 Å². The summed E-state index contributed by atoms with van der Waals surface area (Å²) < 4.78 is 0. The molecule has 104 valence electrons. The van der Waals surface area contributed by atoms with Crippen LogP contribution in [0.3, 0.4) is 0 Å². The molecule has 0 heterocycles. The quantitative estimate of drug-likeness (QED) is 0.874. The second kappa shape index (κ2) is 6.20. The van der Waals surface area contributed by atoms with Crippen LogP contribution in [0.15, 0.2) is 24.3 Å². The monoisotopic (exact) mass is 260 g/mol. The number of hydrogen-bond donors (Lipinski definition) is 2. The summed E-state index contributed by atoms with van der Waals surface area (Å²) in [5.74, 6) is 1.09. The number of anilines is 1. The maximum Gasteiger partial charge on any atom is 0.227 e. The number of carbonyl (C=O) groups is 1. The molecule has 3 N–H and O–H groups in total. The van der Waals surface area contributed by atoms with E-state index in [9.17, 15) is 4.79 Å².